The van der Waals surface area contributed by atoms with Crippen molar-refractivity contribution >= 4 is 35.0 Å². The lowest BCUT2D eigenvalue weighted by Crippen LogP contribution is -2.54. The van der Waals surface area contributed by atoms with Crippen LogP contribution in [0, 0.1) is 5.82 Å². The third kappa shape index (κ3) is 8.08. The lowest BCUT2D eigenvalue weighted by Gasteiger charge is -2.34. The predicted octanol–water partition coefficient (Wildman–Crippen LogP) is 6.23. The molecule has 0 saturated carbocycles. The fourth-order valence-electron chi connectivity index (χ4n) is 3.72. The Hall–Kier alpha value is -2.89. The lowest BCUT2D eigenvalue weighted by atomic mass is 10.00. The summed E-state index contributed by atoms with van der Waals surface area (Å²) < 4.78 is 13.5. The van der Waals surface area contributed by atoms with E-state index >= 15 is 0 Å². The van der Waals surface area contributed by atoms with Crippen LogP contribution in [0.25, 0.3) is 0 Å². The monoisotopic (exact) mass is 514 g/mol. The van der Waals surface area contributed by atoms with Crippen LogP contribution < -0.4 is 5.32 Å². The number of hydrogen-bond donors (Lipinski definition) is 1. The summed E-state index contributed by atoms with van der Waals surface area (Å²) in [6.45, 7) is 5.82. The van der Waals surface area contributed by atoms with Crippen LogP contribution in [-0.4, -0.2) is 28.3 Å². The molecule has 35 heavy (non-hydrogen) atoms. The van der Waals surface area contributed by atoms with Crippen molar-refractivity contribution in [2.75, 3.05) is 0 Å². The van der Waals surface area contributed by atoms with Crippen molar-refractivity contribution in [3.63, 3.8) is 0 Å². The molecule has 3 aromatic carbocycles. The standard InChI is InChI=1S/C28H29Cl2FN2O2/c1-28(2,3)32-27(35)25(15-19-7-5-4-6-8-19)33(18-20-9-13-23(31)14-10-20)26(34)16-21-11-12-22(29)17-24(21)30/h4-14,17,25H,15-16,18H2,1-3H3,(H,32,35)/t25-/m0/s1. The molecule has 0 aliphatic heterocycles. The number of hydrogen-bond acceptors (Lipinski definition) is 2. The summed E-state index contributed by atoms with van der Waals surface area (Å²) >= 11 is 12.4. The lowest BCUT2D eigenvalue weighted by molar-refractivity contribution is -0.141. The van der Waals surface area contributed by atoms with E-state index in [9.17, 15) is 14.0 Å². The normalized spacial score (nSPS) is 12.2. The molecule has 0 spiro atoms. The second-order valence-corrected chi connectivity index (χ2v) is 10.3. The number of nitrogens with zero attached hydrogens (tertiary/aromatic N) is 1. The van der Waals surface area contributed by atoms with E-state index in [-0.39, 0.29) is 30.6 Å². The van der Waals surface area contributed by atoms with Gasteiger partial charge >= 0.3 is 0 Å². The summed E-state index contributed by atoms with van der Waals surface area (Å²) in [4.78, 5) is 28.8. The van der Waals surface area contributed by atoms with Gasteiger partial charge in [-0.3, -0.25) is 9.59 Å². The van der Waals surface area contributed by atoms with Gasteiger partial charge in [-0.15, -0.1) is 0 Å². The van der Waals surface area contributed by atoms with Gasteiger partial charge in [-0.25, -0.2) is 4.39 Å². The van der Waals surface area contributed by atoms with Crippen LogP contribution in [0.2, 0.25) is 10.0 Å². The van der Waals surface area contributed by atoms with Crippen molar-refractivity contribution < 1.29 is 14.0 Å². The van der Waals surface area contributed by atoms with Gasteiger partial charge in [0.05, 0.1) is 6.42 Å². The van der Waals surface area contributed by atoms with Crippen molar-refractivity contribution in [2.45, 2.75) is 51.7 Å². The molecule has 4 nitrogen and oxygen atoms in total. The Morgan fingerprint density at radius 3 is 2.20 bits per heavy atom. The maximum atomic E-state index is 13.7. The summed E-state index contributed by atoms with van der Waals surface area (Å²) in [5.41, 5.74) is 1.75. The van der Waals surface area contributed by atoms with E-state index in [1.807, 2.05) is 51.1 Å². The van der Waals surface area contributed by atoms with Crippen LogP contribution in [-0.2, 0) is 29.0 Å². The minimum atomic E-state index is -0.791. The van der Waals surface area contributed by atoms with Crippen LogP contribution in [0.3, 0.4) is 0 Å². The van der Waals surface area contributed by atoms with Crippen molar-refractivity contribution in [3.8, 4) is 0 Å². The van der Waals surface area contributed by atoms with E-state index in [4.69, 9.17) is 23.2 Å². The van der Waals surface area contributed by atoms with Gasteiger partial charge in [0.2, 0.25) is 11.8 Å². The van der Waals surface area contributed by atoms with E-state index in [0.29, 0.717) is 27.6 Å². The van der Waals surface area contributed by atoms with Gasteiger partial charge in [-0.1, -0.05) is 71.7 Å². The SMILES string of the molecule is CC(C)(C)NC(=O)[C@H](Cc1ccccc1)N(Cc1ccc(F)cc1)C(=O)Cc1ccc(Cl)cc1Cl. The van der Waals surface area contributed by atoms with Crippen molar-refractivity contribution in [1.29, 1.82) is 0 Å². The molecule has 7 heteroatoms. The number of carbonyl (C=O) groups excluding carboxylic acids is 2. The second-order valence-electron chi connectivity index (χ2n) is 9.51. The molecular weight excluding hydrogens is 486 g/mol. The third-order valence-electron chi connectivity index (χ3n) is 5.39. The van der Waals surface area contributed by atoms with Gasteiger partial charge in [-0.05, 0) is 61.7 Å². The Balaban J connectivity index is 2.00. The van der Waals surface area contributed by atoms with Gasteiger partial charge in [0.25, 0.3) is 0 Å². The summed E-state index contributed by atoms with van der Waals surface area (Å²) in [5.74, 6) is -0.909. The molecule has 0 saturated heterocycles. The van der Waals surface area contributed by atoms with Crippen LogP contribution >= 0.6 is 23.2 Å². The molecule has 3 rings (SSSR count). The van der Waals surface area contributed by atoms with E-state index in [1.54, 1.807) is 35.2 Å². The first-order chi connectivity index (χ1) is 16.5. The molecule has 184 valence electrons. The molecule has 0 unspecified atom stereocenters. The van der Waals surface area contributed by atoms with Crippen molar-refractivity contribution in [1.82, 2.24) is 10.2 Å². The first-order valence-electron chi connectivity index (χ1n) is 11.4. The highest BCUT2D eigenvalue weighted by molar-refractivity contribution is 6.35. The van der Waals surface area contributed by atoms with Gasteiger partial charge in [-0.2, -0.15) is 0 Å². The molecule has 0 bridgehead atoms. The molecular formula is C28H29Cl2FN2O2. The second kappa shape index (κ2) is 11.7. The minimum absolute atomic E-state index is 0.00865. The fourth-order valence-corrected chi connectivity index (χ4v) is 4.20. The van der Waals surface area contributed by atoms with Crippen LogP contribution in [0.5, 0.6) is 0 Å². The molecule has 0 heterocycles. The third-order valence-corrected chi connectivity index (χ3v) is 5.98. The molecule has 1 N–H and O–H groups in total. The first-order valence-corrected chi connectivity index (χ1v) is 12.1. The molecule has 0 aliphatic rings. The fraction of sp³-hybridized carbons (Fsp3) is 0.286. The summed E-state index contributed by atoms with van der Waals surface area (Å²) in [7, 11) is 0. The molecule has 0 radical (unpaired) electrons. The summed E-state index contributed by atoms with van der Waals surface area (Å²) in [6, 6.07) is 19.6. The van der Waals surface area contributed by atoms with Crippen LogP contribution in [0.4, 0.5) is 4.39 Å². The van der Waals surface area contributed by atoms with E-state index in [2.05, 4.69) is 5.32 Å². The summed E-state index contributed by atoms with van der Waals surface area (Å²) in [6.07, 6.45) is 0.315. The van der Waals surface area contributed by atoms with E-state index in [0.717, 1.165) is 5.56 Å². The zero-order valence-electron chi connectivity index (χ0n) is 20.0. The number of benzene rings is 3. The first kappa shape index (κ1) is 26.7. The van der Waals surface area contributed by atoms with E-state index < -0.39 is 11.6 Å². The Morgan fingerprint density at radius 2 is 1.60 bits per heavy atom. The largest absolute Gasteiger partial charge is 0.350 e. The van der Waals surface area contributed by atoms with Crippen molar-refractivity contribution in [2.24, 2.45) is 0 Å². The maximum Gasteiger partial charge on any atom is 0.243 e. The smallest absolute Gasteiger partial charge is 0.243 e. The minimum Gasteiger partial charge on any atom is -0.350 e. The zero-order valence-corrected chi connectivity index (χ0v) is 21.5. The molecule has 0 aliphatic carbocycles. The highest BCUT2D eigenvalue weighted by Crippen LogP contribution is 2.23. The van der Waals surface area contributed by atoms with E-state index in [1.165, 1.54) is 12.1 Å². The Labute approximate surface area is 216 Å². The average molecular weight is 515 g/mol. The predicted molar refractivity (Wildman–Crippen MR) is 139 cm³/mol. The number of halogens is 3. The average Bonchev–Trinajstić information content (AvgIpc) is 2.78. The Kier molecular flexibility index (Phi) is 8.92. The van der Waals surface area contributed by atoms with Gasteiger partial charge in [0.1, 0.15) is 11.9 Å². The molecule has 0 fully saturated rings. The highest BCUT2D eigenvalue weighted by atomic mass is 35.5. The van der Waals surface area contributed by atoms with Gasteiger partial charge < -0.3 is 10.2 Å². The Bertz CT molecular complexity index is 1160. The van der Waals surface area contributed by atoms with Crippen LogP contribution in [0.15, 0.2) is 72.8 Å². The summed E-state index contributed by atoms with van der Waals surface area (Å²) in [5, 5.41) is 3.87. The van der Waals surface area contributed by atoms with Crippen molar-refractivity contribution in [3.05, 3.63) is 105 Å². The zero-order chi connectivity index (χ0) is 25.6. The Morgan fingerprint density at radius 1 is 0.943 bits per heavy atom. The highest BCUT2D eigenvalue weighted by Gasteiger charge is 2.32. The quantitative estimate of drug-likeness (QED) is 0.387. The topological polar surface area (TPSA) is 49.4 Å². The molecule has 1 atom stereocenters. The number of nitrogens with one attached hydrogen (secondary N) is 1. The number of amides is 2. The molecule has 0 aromatic heterocycles. The number of rotatable bonds is 8. The van der Waals surface area contributed by atoms with Crippen LogP contribution in [0.1, 0.15) is 37.5 Å². The molecule has 3 aromatic rings. The van der Waals surface area contributed by atoms with Gasteiger partial charge in [0, 0.05) is 28.5 Å². The molecule has 2 amide bonds. The number of carbonyl (C=O) groups is 2. The maximum absolute atomic E-state index is 13.7. The van der Waals surface area contributed by atoms with Gasteiger partial charge in [0.15, 0.2) is 0 Å².